The van der Waals surface area contributed by atoms with Crippen LogP contribution in [0.2, 0.25) is 0 Å². The van der Waals surface area contributed by atoms with Crippen molar-refractivity contribution in [1.29, 1.82) is 0 Å². The summed E-state index contributed by atoms with van der Waals surface area (Å²) >= 11 is 0. The first-order valence-corrected chi connectivity index (χ1v) is 10.7. The Morgan fingerprint density at radius 1 is 1.15 bits per heavy atom. The summed E-state index contributed by atoms with van der Waals surface area (Å²) in [6, 6.07) is 5.80. The lowest BCUT2D eigenvalue weighted by atomic mass is 9.97. The van der Waals surface area contributed by atoms with E-state index in [9.17, 15) is 13.2 Å². The van der Waals surface area contributed by atoms with E-state index in [4.69, 9.17) is 4.74 Å². The number of hydrogen-bond acceptors (Lipinski definition) is 6. The minimum Gasteiger partial charge on any atom is -0.378 e. The molecule has 5 rings (SSSR count). The molecule has 1 N–H and O–H groups in total. The average Bonchev–Trinajstić information content (AvgIpc) is 3.27. The van der Waals surface area contributed by atoms with Gasteiger partial charge in [-0.05, 0) is 37.1 Å². The molecule has 0 unspecified atom stereocenters. The van der Waals surface area contributed by atoms with Crippen LogP contribution in [0.15, 0.2) is 42.9 Å². The Morgan fingerprint density at radius 3 is 2.70 bits per heavy atom. The van der Waals surface area contributed by atoms with Crippen LogP contribution in [0.1, 0.15) is 29.7 Å². The highest BCUT2D eigenvalue weighted by molar-refractivity contribution is 5.92. The third kappa shape index (κ3) is 3.95. The Bertz CT molecular complexity index is 1310. The van der Waals surface area contributed by atoms with Crippen molar-refractivity contribution >= 4 is 28.3 Å². The summed E-state index contributed by atoms with van der Waals surface area (Å²) < 4.78 is 47.6. The molecular formula is C23H23F3N6O. The van der Waals surface area contributed by atoms with Crippen molar-refractivity contribution in [1.82, 2.24) is 19.4 Å². The quantitative estimate of drug-likeness (QED) is 0.484. The molecule has 1 fully saturated rings. The number of alkyl halides is 3. The second kappa shape index (κ2) is 8.18. The second-order valence-electron chi connectivity index (χ2n) is 8.10. The van der Waals surface area contributed by atoms with Gasteiger partial charge < -0.3 is 15.0 Å². The van der Waals surface area contributed by atoms with E-state index in [0.717, 1.165) is 35.9 Å². The molecule has 0 aliphatic carbocycles. The SMILES string of the molecule is Cc1c([C@@H](C)Nc2nc3nccn3c3cnc(N4CCOCC4)cc23)cccc1C(F)(F)F. The van der Waals surface area contributed by atoms with Gasteiger partial charge in [0.1, 0.15) is 11.6 Å². The van der Waals surface area contributed by atoms with Gasteiger partial charge in [0.05, 0.1) is 36.5 Å². The van der Waals surface area contributed by atoms with Gasteiger partial charge >= 0.3 is 6.18 Å². The number of nitrogens with one attached hydrogen (secondary N) is 1. The fraction of sp³-hybridized carbons (Fsp3) is 0.348. The third-order valence-corrected chi connectivity index (χ3v) is 6.05. The van der Waals surface area contributed by atoms with Gasteiger partial charge in [0.2, 0.25) is 5.78 Å². The standard InChI is InChI=1S/C23H23F3N6O/c1-14-16(4-3-5-18(14)23(24,25)26)15(2)29-21-17-12-20(31-8-10-33-11-9-31)28-13-19(17)32-7-6-27-22(32)30-21/h3-7,12-13,15H,8-11H2,1-2H3,(H,27,29,30)/t15-/m1/s1. The molecule has 1 aromatic carbocycles. The Labute approximate surface area is 188 Å². The highest BCUT2D eigenvalue weighted by Crippen LogP contribution is 2.36. The molecule has 4 heterocycles. The number of imidazole rings is 1. The fourth-order valence-corrected chi connectivity index (χ4v) is 4.33. The van der Waals surface area contributed by atoms with Crippen molar-refractivity contribution in [3.8, 4) is 0 Å². The summed E-state index contributed by atoms with van der Waals surface area (Å²) in [5.41, 5.74) is 0.941. The summed E-state index contributed by atoms with van der Waals surface area (Å²) in [4.78, 5) is 15.7. The molecule has 1 aliphatic rings. The summed E-state index contributed by atoms with van der Waals surface area (Å²) in [5.74, 6) is 1.84. The zero-order valence-corrected chi connectivity index (χ0v) is 18.2. The maximum atomic E-state index is 13.4. The smallest absolute Gasteiger partial charge is 0.378 e. The Balaban J connectivity index is 1.58. The zero-order valence-electron chi connectivity index (χ0n) is 18.2. The highest BCUT2D eigenvalue weighted by Gasteiger charge is 2.33. The van der Waals surface area contributed by atoms with Crippen LogP contribution < -0.4 is 10.2 Å². The Hall–Kier alpha value is -3.40. The number of benzene rings is 1. The van der Waals surface area contributed by atoms with Crippen LogP contribution in [0, 0.1) is 6.92 Å². The first kappa shape index (κ1) is 21.4. The van der Waals surface area contributed by atoms with Crippen LogP contribution in [0.25, 0.3) is 16.7 Å². The summed E-state index contributed by atoms with van der Waals surface area (Å²) in [5, 5.41) is 4.14. The average molecular weight is 456 g/mol. The Morgan fingerprint density at radius 2 is 1.94 bits per heavy atom. The van der Waals surface area contributed by atoms with Crippen LogP contribution in [0.3, 0.4) is 0 Å². The largest absolute Gasteiger partial charge is 0.416 e. The molecule has 172 valence electrons. The van der Waals surface area contributed by atoms with E-state index in [1.165, 1.54) is 13.0 Å². The molecule has 0 bridgehead atoms. The molecule has 3 aromatic heterocycles. The van der Waals surface area contributed by atoms with Gasteiger partial charge in [-0.25, -0.2) is 9.97 Å². The maximum Gasteiger partial charge on any atom is 0.416 e. The fourth-order valence-electron chi connectivity index (χ4n) is 4.33. The van der Waals surface area contributed by atoms with Crippen molar-refractivity contribution in [2.45, 2.75) is 26.1 Å². The third-order valence-electron chi connectivity index (χ3n) is 6.05. The van der Waals surface area contributed by atoms with Crippen LogP contribution in [0.5, 0.6) is 0 Å². The van der Waals surface area contributed by atoms with Crippen LogP contribution in [-0.2, 0) is 10.9 Å². The normalized spacial score (nSPS) is 15.8. The van der Waals surface area contributed by atoms with Crippen LogP contribution in [0.4, 0.5) is 24.8 Å². The number of nitrogens with zero attached hydrogens (tertiary/aromatic N) is 5. The predicted octanol–water partition coefficient (Wildman–Crippen LogP) is 4.61. The maximum absolute atomic E-state index is 13.4. The van der Waals surface area contributed by atoms with Crippen LogP contribution >= 0.6 is 0 Å². The number of ether oxygens (including phenoxy) is 1. The van der Waals surface area contributed by atoms with E-state index < -0.39 is 17.8 Å². The van der Waals surface area contributed by atoms with E-state index in [1.54, 1.807) is 18.5 Å². The van der Waals surface area contributed by atoms with Crippen molar-refractivity contribution in [2.24, 2.45) is 0 Å². The topological polar surface area (TPSA) is 67.6 Å². The van der Waals surface area contributed by atoms with Crippen molar-refractivity contribution in [3.05, 3.63) is 59.5 Å². The summed E-state index contributed by atoms with van der Waals surface area (Å²) in [6.07, 6.45) is 0.840. The molecule has 10 heteroatoms. The summed E-state index contributed by atoms with van der Waals surface area (Å²) in [7, 11) is 0. The Kier molecular flexibility index (Phi) is 5.32. The van der Waals surface area contributed by atoms with E-state index >= 15 is 0 Å². The van der Waals surface area contributed by atoms with E-state index in [-0.39, 0.29) is 5.56 Å². The molecule has 1 aliphatic heterocycles. The molecule has 0 radical (unpaired) electrons. The minimum atomic E-state index is -4.40. The van der Waals surface area contributed by atoms with Gasteiger partial charge in [-0.15, -0.1) is 0 Å². The lowest BCUT2D eigenvalue weighted by Crippen LogP contribution is -2.36. The lowest BCUT2D eigenvalue weighted by molar-refractivity contribution is -0.138. The molecule has 4 aromatic rings. The van der Waals surface area contributed by atoms with Gasteiger partial charge in [-0.3, -0.25) is 4.40 Å². The first-order chi connectivity index (χ1) is 15.8. The first-order valence-electron chi connectivity index (χ1n) is 10.7. The van der Waals surface area contributed by atoms with E-state index in [2.05, 4.69) is 25.2 Å². The number of fused-ring (bicyclic) bond motifs is 3. The molecule has 7 nitrogen and oxygen atoms in total. The molecule has 1 saturated heterocycles. The number of aromatic nitrogens is 4. The molecule has 33 heavy (non-hydrogen) atoms. The molecule has 0 spiro atoms. The number of hydrogen-bond donors (Lipinski definition) is 1. The number of anilines is 2. The number of halogens is 3. The second-order valence-corrected chi connectivity index (χ2v) is 8.10. The van der Waals surface area contributed by atoms with Gasteiger partial charge in [0.25, 0.3) is 0 Å². The van der Waals surface area contributed by atoms with Gasteiger partial charge in [0.15, 0.2) is 0 Å². The van der Waals surface area contributed by atoms with Gasteiger partial charge in [-0.1, -0.05) is 12.1 Å². The number of pyridine rings is 1. The van der Waals surface area contributed by atoms with Gasteiger partial charge in [-0.2, -0.15) is 18.2 Å². The molecular weight excluding hydrogens is 433 g/mol. The molecule has 1 atom stereocenters. The number of morpholine rings is 1. The van der Waals surface area contributed by atoms with Crippen molar-refractivity contribution in [2.75, 3.05) is 36.5 Å². The summed E-state index contributed by atoms with van der Waals surface area (Å²) in [6.45, 7) is 6.07. The molecule has 0 saturated carbocycles. The van der Waals surface area contributed by atoms with Crippen molar-refractivity contribution < 1.29 is 17.9 Å². The van der Waals surface area contributed by atoms with E-state index in [0.29, 0.717) is 30.4 Å². The van der Waals surface area contributed by atoms with Gasteiger partial charge in [0, 0.05) is 30.9 Å². The van der Waals surface area contributed by atoms with Crippen LogP contribution in [-0.4, -0.2) is 45.7 Å². The molecule has 0 amide bonds. The van der Waals surface area contributed by atoms with E-state index in [1.807, 2.05) is 23.6 Å². The highest BCUT2D eigenvalue weighted by atomic mass is 19.4. The minimum absolute atomic E-state index is 0.201. The number of rotatable bonds is 4. The monoisotopic (exact) mass is 456 g/mol. The predicted molar refractivity (Wildman–Crippen MR) is 120 cm³/mol. The lowest BCUT2D eigenvalue weighted by Gasteiger charge is -2.28. The zero-order chi connectivity index (χ0) is 23.2. The van der Waals surface area contributed by atoms with Crippen molar-refractivity contribution in [3.63, 3.8) is 0 Å².